The van der Waals surface area contributed by atoms with Crippen molar-refractivity contribution in [2.24, 2.45) is 0 Å². The SMILES string of the molecule is CN(C)CCOc1ccc2cc(C=Cc3ccc(N(C)C)cc3)oc2c1. The van der Waals surface area contributed by atoms with Crippen molar-refractivity contribution in [3.63, 3.8) is 0 Å². The van der Waals surface area contributed by atoms with Crippen LogP contribution in [-0.2, 0) is 0 Å². The Labute approximate surface area is 155 Å². The zero-order chi connectivity index (χ0) is 18.5. The van der Waals surface area contributed by atoms with Crippen molar-refractivity contribution in [3.05, 3.63) is 59.9 Å². The van der Waals surface area contributed by atoms with Gasteiger partial charge in [0.05, 0.1) is 0 Å². The number of hydrogen-bond acceptors (Lipinski definition) is 4. The average molecular weight is 350 g/mol. The first-order valence-corrected chi connectivity index (χ1v) is 8.78. The van der Waals surface area contributed by atoms with Crippen LogP contribution in [0.2, 0.25) is 0 Å². The van der Waals surface area contributed by atoms with Gasteiger partial charge in [0.15, 0.2) is 0 Å². The van der Waals surface area contributed by atoms with Crippen LogP contribution in [0.25, 0.3) is 23.1 Å². The molecule has 0 atom stereocenters. The molecule has 4 nitrogen and oxygen atoms in total. The van der Waals surface area contributed by atoms with Gasteiger partial charge in [-0.2, -0.15) is 0 Å². The van der Waals surface area contributed by atoms with Crippen LogP contribution in [0.5, 0.6) is 5.75 Å². The Morgan fingerprint density at radius 1 is 0.923 bits per heavy atom. The third-order valence-corrected chi connectivity index (χ3v) is 4.17. The molecule has 0 aliphatic heterocycles. The minimum Gasteiger partial charge on any atom is -0.492 e. The molecule has 0 spiro atoms. The molecule has 1 aromatic heterocycles. The molecule has 0 radical (unpaired) electrons. The molecule has 0 unspecified atom stereocenters. The van der Waals surface area contributed by atoms with Gasteiger partial charge in [0, 0.05) is 37.8 Å². The first-order valence-electron chi connectivity index (χ1n) is 8.78. The second-order valence-corrected chi connectivity index (χ2v) is 6.82. The number of furan rings is 1. The molecule has 0 bridgehead atoms. The minimum atomic E-state index is 0.662. The molecule has 0 aliphatic rings. The summed E-state index contributed by atoms with van der Waals surface area (Å²) in [5.41, 5.74) is 3.17. The van der Waals surface area contributed by atoms with Gasteiger partial charge in [-0.25, -0.2) is 0 Å². The van der Waals surface area contributed by atoms with E-state index in [2.05, 4.69) is 40.1 Å². The van der Waals surface area contributed by atoms with E-state index in [1.807, 2.05) is 58.5 Å². The molecule has 4 heteroatoms. The molecule has 136 valence electrons. The highest BCUT2D eigenvalue weighted by Gasteiger charge is 2.04. The fourth-order valence-electron chi connectivity index (χ4n) is 2.61. The third kappa shape index (κ3) is 4.67. The molecular formula is C22H26N2O2. The lowest BCUT2D eigenvalue weighted by atomic mass is 10.1. The van der Waals surface area contributed by atoms with Crippen LogP contribution in [0.4, 0.5) is 5.69 Å². The van der Waals surface area contributed by atoms with Crippen LogP contribution in [-0.4, -0.2) is 46.2 Å². The number of nitrogens with zero attached hydrogens (tertiary/aromatic N) is 2. The Morgan fingerprint density at radius 3 is 2.38 bits per heavy atom. The summed E-state index contributed by atoms with van der Waals surface area (Å²) >= 11 is 0. The summed E-state index contributed by atoms with van der Waals surface area (Å²) in [4.78, 5) is 4.18. The molecule has 0 N–H and O–H groups in total. The number of likely N-dealkylation sites (N-methyl/N-ethyl adjacent to an activating group) is 1. The molecule has 3 rings (SSSR count). The van der Waals surface area contributed by atoms with Crippen molar-refractivity contribution in [2.75, 3.05) is 46.2 Å². The number of fused-ring (bicyclic) bond motifs is 1. The third-order valence-electron chi connectivity index (χ3n) is 4.17. The van der Waals surface area contributed by atoms with Crippen LogP contribution in [0.1, 0.15) is 11.3 Å². The zero-order valence-corrected chi connectivity index (χ0v) is 15.9. The van der Waals surface area contributed by atoms with E-state index in [4.69, 9.17) is 9.15 Å². The number of hydrogen-bond donors (Lipinski definition) is 0. The van der Waals surface area contributed by atoms with E-state index in [0.29, 0.717) is 6.61 Å². The average Bonchev–Trinajstić information content (AvgIpc) is 3.02. The molecule has 0 amide bonds. The summed E-state index contributed by atoms with van der Waals surface area (Å²) in [6.07, 6.45) is 4.06. The zero-order valence-electron chi connectivity index (χ0n) is 15.9. The van der Waals surface area contributed by atoms with Gasteiger partial charge < -0.3 is 19.0 Å². The molecule has 26 heavy (non-hydrogen) atoms. The van der Waals surface area contributed by atoms with E-state index < -0.39 is 0 Å². The predicted molar refractivity (Wildman–Crippen MR) is 110 cm³/mol. The summed E-state index contributed by atoms with van der Waals surface area (Å²) in [7, 11) is 8.15. The highest BCUT2D eigenvalue weighted by molar-refractivity contribution is 5.83. The van der Waals surface area contributed by atoms with Gasteiger partial charge in [-0.15, -0.1) is 0 Å². The molecule has 2 aromatic carbocycles. The summed E-state index contributed by atoms with van der Waals surface area (Å²) < 4.78 is 11.7. The molecule has 0 fully saturated rings. The van der Waals surface area contributed by atoms with Crippen molar-refractivity contribution in [3.8, 4) is 5.75 Å². The van der Waals surface area contributed by atoms with Gasteiger partial charge in [-0.05, 0) is 56.1 Å². The molecule has 0 saturated heterocycles. The number of anilines is 1. The van der Waals surface area contributed by atoms with Crippen LogP contribution < -0.4 is 9.64 Å². The quantitative estimate of drug-likeness (QED) is 0.622. The maximum absolute atomic E-state index is 5.93. The van der Waals surface area contributed by atoms with Crippen molar-refractivity contribution >= 4 is 28.8 Å². The van der Waals surface area contributed by atoms with Crippen molar-refractivity contribution in [1.29, 1.82) is 0 Å². The Bertz CT molecular complexity index is 877. The molecular weight excluding hydrogens is 324 g/mol. The van der Waals surface area contributed by atoms with E-state index in [9.17, 15) is 0 Å². The first kappa shape index (κ1) is 18.1. The second kappa shape index (κ2) is 8.11. The lowest BCUT2D eigenvalue weighted by Crippen LogP contribution is -2.19. The van der Waals surface area contributed by atoms with E-state index in [1.165, 1.54) is 5.69 Å². The molecule has 3 aromatic rings. The molecule has 0 saturated carbocycles. The van der Waals surface area contributed by atoms with Gasteiger partial charge in [0.2, 0.25) is 0 Å². The van der Waals surface area contributed by atoms with Crippen LogP contribution >= 0.6 is 0 Å². The Morgan fingerprint density at radius 2 is 1.69 bits per heavy atom. The normalized spacial score (nSPS) is 11.6. The Balaban J connectivity index is 1.70. The smallest absolute Gasteiger partial charge is 0.138 e. The van der Waals surface area contributed by atoms with E-state index >= 15 is 0 Å². The highest BCUT2D eigenvalue weighted by Crippen LogP contribution is 2.25. The van der Waals surface area contributed by atoms with Crippen LogP contribution in [0.3, 0.4) is 0 Å². The summed E-state index contributed by atoms with van der Waals surface area (Å²) in [6, 6.07) is 16.4. The van der Waals surface area contributed by atoms with E-state index in [0.717, 1.165) is 34.6 Å². The van der Waals surface area contributed by atoms with Crippen molar-refractivity contribution in [2.45, 2.75) is 0 Å². The van der Waals surface area contributed by atoms with E-state index in [1.54, 1.807) is 0 Å². The Hall–Kier alpha value is -2.72. The van der Waals surface area contributed by atoms with Gasteiger partial charge in [0.1, 0.15) is 23.7 Å². The molecule has 1 heterocycles. The number of benzene rings is 2. The van der Waals surface area contributed by atoms with Gasteiger partial charge in [-0.3, -0.25) is 0 Å². The number of rotatable bonds is 7. The van der Waals surface area contributed by atoms with Crippen molar-refractivity contribution in [1.82, 2.24) is 4.90 Å². The number of ether oxygens (including phenoxy) is 1. The summed E-state index contributed by atoms with van der Waals surface area (Å²) in [5.74, 6) is 1.67. The largest absolute Gasteiger partial charge is 0.492 e. The molecule has 0 aliphatic carbocycles. The van der Waals surface area contributed by atoms with E-state index in [-0.39, 0.29) is 0 Å². The Kier molecular flexibility index (Phi) is 5.64. The van der Waals surface area contributed by atoms with Gasteiger partial charge >= 0.3 is 0 Å². The van der Waals surface area contributed by atoms with Crippen molar-refractivity contribution < 1.29 is 9.15 Å². The maximum Gasteiger partial charge on any atom is 0.138 e. The fraction of sp³-hybridized carbons (Fsp3) is 0.273. The highest BCUT2D eigenvalue weighted by atomic mass is 16.5. The standard InChI is InChI=1S/C22H26N2O2/c1-23(2)13-14-25-20-12-8-18-15-21(26-22(18)16-20)11-7-17-5-9-19(10-6-17)24(3)4/h5-12,15-16H,13-14H2,1-4H3. The van der Waals surface area contributed by atoms with Crippen LogP contribution in [0.15, 0.2) is 52.9 Å². The maximum atomic E-state index is 5.93. The first-order chi connectivity index (χ1) is 12.5. The lowest BCUT2D eigenvalue weighted by Gasteiger charge is -2.11. The van der Waals surface area contributed by atoms with Gasteiger partial charge in [0.25, 0.3) is 0 Å². The minimum absolute atomic E-state index is 0.662. The van der Waals surface area contributed by atoms with Gasteiger partial charge in [-0.1, -0.05) is 18.2 Å². The summed E-state index contributed by atoms with van der Waals surface area (Å²) in [5, 5.41) is 1.08. The topological polar surface area (TPSA) is 28.9 Å². The fourth-order valence-corrected chi connectivity index (χ4v) is 2.61. The monoisotopic (exact) mass is 350 g/mol. The predicted octanol–water partition coefficient (Wildman–Crippen LogP) is 4.61. The van der Waals surface area contributed by atoms with Crippen LogP contribution in [0, 0.1) is 0 Å². The summed E-state index contributed by atoms with van der Waals surface area (Å²) in [6.45, 7) is 1.55. The second-order valence-electron chi connectivity index (χ2n) is 6.82. The lowest BCUT2D eigenvalue weighted by molar-refractivity contribution is 0.261.